The van der Waals surface area contributed by atoms with Crippen LogP contribution in [0.3, 0.4) is 0 Å². The third-order valence-electron chi connectivity index (χ3n) is 2.85. The second kappa shape index (κ2) is 6.65. The van der Waals surface area contributed by atoms with E-state index in [0.717, 1.165) is 17.7 Å². The van der Waals surface area contributed by atoms with Crippen LogP contribution in [-0.4, -0.2) is 19.1 Å². The summed E-state index contributed by atoms with van der Waals surface area (Å²) in [6.07, 6.45) is 1.17. The van der Waals surface area contributed by atoms with Crippen LogP contribution in [0.2, 0.25) is 0 Å². The lowest BCUT2D eigenvalue weighted by Gasteiger charge is -2.17. The topological polar surface area (TPSA) is 62.1 Å². The monoisotopic (exact) mass is 246 g/mol. The Balaban J connectivity index is 2.73. The highest BCUT2D eigenvalue weighted by atomic mass is 16.5. The largest absolute Gasteiger partial charge is 0.469 e. The van der Waals surface area contributed by atoms with Crippen LogP contribution in [-0.2, 0) is 9.53 Å². The van der Waals surface area contributed by atoms with Gasteiger partial charge in [-0.3, -0.25) is 4.79 Å². The first kappa shape index (κ1) is 14.0. The quantitative estimate of drug-likeness (QED) is 0.811. The Morgan fingerprint density at radius 2 is 2.28 bits per heavy atom. The molecule has 0 aliphatic heterocycles. The predicted octanol–water partition coefficient (Wildman–Crippen LogP) is 2.62. The van der Waals surface area contributed by atoms with E-state index in [4.69, 9.17) is 5.26 Å². The number of rotatable bonds is 5. The minimum Gasteiger partial charge on any atom is -0.469 e. The third kappa shape index (κ3) is 3.77. The maximum absolute atomic E-state index is 11.2. The molecule has 4 heteroatoms. The van der Waals surface area contributed by atoms with Crippen LogP contribution in [0.15, 0.2) is 18.2 Å². The van der Waals surface area contributed by atoms with E-state index in [2.05, 4.69) is 16.1 Å². The number of nitrogens with zero attached hydrogens (tertiary/aromatic N) is 1. The Bertz CT molecular complexity index is 463. The molecule has 0 aliphatic carbocycles. The van der Waals surface area contributed by atoms with Crippen LogP contribution in [0.25, 0.3) is 0 Å². The molecule has 0 saturated heterocycles. The molecule has 1 N–H and O–H groups in total. The summed E-state index contributed by atoms with van der Waals surface area (Å²) in [7, 11) is 1.39. The number of ether oxygens (including phenoxy) is 1. The molecule has 0 saturated carbocycles. The molecule has 1 rings (SSSR count). The maximum atomic E-state index is 11.2. The minimum atomic E-state index is -0.222. The molecule has 96 valence electrons. The van der Waals surface area contributed by atoms with E-state index < -0.39 is 0 Å². The van der Waals surface area contributed by atoms with Gasteiger partial charge in [0.1, 0.15) is 0 Å². The fraction of sp³-hybridized carbons (Fsp3) is 0.429. The number of carbonyl (C=O) groups is 1. The van der Waals surface area contributed by atoms with Crippen LogP contribution in [0.4, 0.5) is 5.69 Å². The average molecular weight is 246 g/mol. The molecule has 0 heterocycles. The molecule has 18 heavy (non-hydrogen) atoms. The number of esters is 1. The zero-order valence-corrected chi connectivity index (χ0v) is 11.0. The van der Waals surface area contributed by atoms with Crippen LogP contribution in [0.1, 0.15) is 30.9 Å². The van der Waals surface area contributed by atoms with Crippen molar-refractivity contribution in [1.82, 2.24) is 0 Å². The SMILES string of the molecule is CC[C@H](CC(=O)OC)Nc1ccc(C#N)c(C)c1. The lowest BCUT2D eigenvalue weighted by atomic mass is 10.1. The molecule has 0 unspecified atom stereocenters. The molecule has 0 aliphatic rings. The van der Waals surface area contributed by atoms with Crippen LogP contribution >= 0.6 is 0 Å². The van der Waals surface area contributed by atoms with Crippen molar-refractivity contribution in [2.24, 2.45) is 0 Å². The normalized spacial score (nSPS) is 11.4. The van der Waals surface area contributed by atoms with Gasteiger partial charge in [0.15, 0.2) is 0 Å². The summed E-state index contributed by atoms with van der Waals surface area (Å²) in [6.45, 7) is 3.90. The van der Waals surface area contributed by atoms with Crippen molar-refractivity contribution in [1.29, 1.82) is 5.26 Å². The van der Waals surface area contributed by atoms with E-state index in [1.165, 1.54) is 7.11 Å². The van der Waals surface area contributed by atoms with Gasteiger partial charge in [0.2, 0.25) is 0 Å². The van der Waals surface area contributed by atoms with E-state index in [1.807, 2.05) is 26.0 Å². The first-order valence-corrected chi connectivity index (χ1v) is 5.94. The highest BCUT2D eigenvalue weighted by molar-refractivity contribution is 5.70. The molecular formula is C14H18N2O2. The van der Waals surface area contributed by atoms with E-state index in [9.17, 15) is 4.79 Å². The standard InChI is InChI=1S/C14H18N2O2/c1-4-12(8-14(17)18-3)16-13-6-5-11(9-15)10(2)7-13/h5-7,12,16H,4,8H2,1-3H3/t12-/m1/s1. The highest BCUT2D eigenvalue weighted by Gasteiger charge is 2.12. The summed E-state index contributed by atoms with van der Waals surface area (Å²) >= 11 is 0. The van der Waals surface area contributed by atoms with Gasteiger partial charge in [-0.25, -0.2) is 0 Å². The number of methoxy groups -OCH3 is 1. The Morgan fingerprint density at radius 3 is 2.78 bits per heavy atom. The van der Waals surface area contributed by atoms with Gasteiger partial charge in [0, 0.05) is 11.7 Å². The average Bonchev–Trinajstić information content (AvgIpc) is 2.38. The summed E-state index contributed by atoms with van der Waals surface area (Å²) < 4.78 is 4.66. The summed E-state index contributed by atoms with van der Waals surface area (Å²) in [5.41, 5.74) is 2.51. The van der Waals surface area contributed by atoms with Gasteiger partial charge >= 0.3 is 5.97 Å². The molecule has 0 radical (unpaired) electrons. The van der Waals surface area contributed by atoms with Crippen molar-refractivity contribution in [2.75, 3.05) is 12.4 Å². The van der Waals surface area contributed by atoms with Gasteiger partial charge in [-0.15, -0.1) is 0 Å². The van der Waals surface area contributed by atoms with E-state index in [-0.39, 0.29) is 12.0 Å². The number of hydrogen-bond acceptors (Lipinski definition) is 4. The maximum Gasteiger partial charge on any atom is 0.307 e. The van der Waals surface area contributed by atoms with E-state index in [0.29, 0.717) is 12.0 Å². The van der Waals surface area contributed by atoms with Gasteiger partial charge < -0.3 is 10.1 Å². The molecule has 1 aromatic rings. The molecule has 1 aromatic carbocycles. The van der Waals surface area contributed by atoms with Crippen LogP contribution in [0.5, 0.6) is 0 Å². The number of benzene rings is 1. The number of anilines is 1. The van der Waals surface area contributed by atoms with Crippen LogP contribution < -0.4 is 5.32 Å². The van der Waals surface area contributed by atoms with Gasteiger partial charge in [-0.05, 0) is 37.1 Å². The Hall–Kier alpha value is -2.02. The summed E-state index contributed by atoms with van der Waals surface area (Å²) in [5, 5.41) is 12.1. The second-order valence-corrected chi connectivity index (χ2v) is 4.17. The molecule has 0 amide bonds. The van der Waals surface area contributed by atoms with Crippen LogP contribution in [0, 0.1) is 18.3 Å². The van der Waals surface area contributed by atoms with Crippen molar-refractivity contribution in [3.8, 4) is 6.07 Å². The van der Waals surface area contributed by atoms with Gasteiger partial charge in [-0.2, -0.15) is 5.26 Å². The van der Waals surface area contributed by atoms with Crippen molar-refractivity contribution < 1.29 is 9.53 Å². The predicted molar refractivity (Wildman–Crippen MR) is 70.2 cm³/mol. The number of aryl methyl sites for hydroxylation is 1. The van der Waals surface area contributed by atoms with Gasteiger partial charge in [-0.1, -0.05) is 6.92 Å². The lowest BCUT2D eigenvalue weighted by Crippen LogP contribution is -2.23. The summed E-state index contributed by atoms with van der Waals surface area (Å²) in [4.78, 5) is 11.2. The Labute approximate surface area is 108 Å². The first-order valence-electron chi connectivity index (χ1n) is 5.94. The zero-order chi connectivity index (χ0) is 13.5. The molecule has 0 spiro atoms. The fourth-order valence-corrected chi connectivity index (χ4v) is 1.70. The second-order valence-electron chi connectivity index (χ2n) is 4.17. The molecule has 0 fully saturated rings. The molecule has 1 atom stereocenters. The Kier molecular flexibility index (Phi) is 5.19. The first-order chi connectivity index (χ1) is 8.60. The van der Waals surface area contributed by atoms with E-state index >= 15 is 0 Å². The van der Waals surface area contributed by atoms with Gasteiger partial charge in [0.25, 0.3) is 0 Å². The smallest absolute Gasteiger partial charge is 0.307 e. The van der Waals surface area contributed by atoms with Crippen molar-refractivity contribution in [3.63, 3.8) is 0 Å². The molecule has 0 aromatic heterocycles. The number of nitrogens with one attached hydrogen (secondary N) is 1. The Morgan fingerprint density at radius 1 is 1.56 bits per heavy atom. The molecule has 4 nitrogen and oxygen atoms in total. The van der Waals surface area contributed by atoms with Gasteiger partial charge in [0.05, 0.1) is 25.2 Å². The lowest BCUT2D eigenvalue weighted by molar-refractivity contribution is -0.140. The number of carbonyl (C=O) groups excluding carboxylic acids is 1. The third-order valence-corrected chi connectivity index (χ3v) is 2.85. The number of nitriles is 1. The van der Waals surface area contributed by atoms with Crippen molar-refractivity contribution in [3.05, 3.63) is 29.3 Å². The highest BCUT2D eigenvalue weighted by Crippen LogP contribution is 2.17. The minimum absolute atomic E-state index is 0.0461. The van der Waals surface area contributed by atoms with Crippen molar-refractivity contribution in [2.45, 2.75) is 32.7 Å². The summed E-state index contributed by atoms with van der Waals surface area (Å²) in [5.74, 6) is -0.222. The number of hydrogen-bond donors (Lipinski definition) is 1. The summed E-state index contributed by atoms with van der Waals surface area (Å²) in [6, 6.07) is 7.72. The fourth-order valence-electron chi connectivity index (χ4n) is 1.70. The van der Waals surface area contributed by atoms with Crippen molar-refractivity contribution >= 4 is 11.7 Å². The zero-order valence-electron chi connectivity index (χ0n) is 11.0. The molecule has 0 bridgehead atoms. The van der Waals surface area contributed by atoms with E-state index in [1.54, 1.807) is 6.07 Å². The molecular weight excluding hydrogens is 228 g/mol.